The number of nitrogens with one attached hydrogen (secondary N) is 1. The molecule has 1 saturated carbocycles. The molecule has 2 aliphatic rings. The molecule has 1 N–H and O–H groups in total. The number of hydrogen-bond donors (Lipinski definition) is 1. The molecule has 4 nitrogen and oxygen atoms in total. The number of fused-ring (bicyclic) bond motifs is 1. The summed E-state index contributed by atoms with van der Waals surface area (Å²) >= 11 is 0. The van der Waals surface area contributed by atoms with Crippen LogP contribution in [0.4, 0.5) is 5.69 Å². The van der Waals surface area contributed by atoms with Crippen molar-refractivity contribution >= 4 is 17.4 Å². The molecule has 0 spiro atoms. The third-order valence-corrected chi connectivity index (χ3v) is 3.87. The highest BCUT2D eigenvalue weighted by Crippen LogP contribution is 2.34. The summed E-state index contributed by atoms with van der Waals surface area (Å²) in [5, 5.41) is 3.38. The predicted molar refractivity (Wildman–Crippen MR) is 73.6 cm³/mol. The van der Waals surface area contributed by atoms with Gasteiger partial charge in [0, 0.05) is 19.1 Å². The van der Waals surface area contributed by atoms with Gasteiger partial charge in [-0.2, -0.15) is 0 Å². The molecule has 1 amide bonds. The van der Waals surface area contributed by atoms with Gasteiger partial charge in [0.15, 0.2) is 0 Å². The first-order valence-corrected chi connectivity index (χ1v) is 6.79. The zero-order chi connectivity index (χ0) is 13.6. The second-order valence-electron chi connectivity index (χ2n) is 5.44. The Morgan fingerprint density at radius 1 is 1.21 bits per heavy atom. The number of amides is 1. The number of Topliss-reactive ketones (excluding diaryl/α,β-unsaturated/α-hetero) is 1. The zero-order valence-electron chi connectivity index (χ0n) is 11.3. The number of aryl methyl sites for hydroxylation is 2. The summed E-state index contributed by atoms with van der Waals surface area (Å²) in [6.45, 7) is 5.15. The van der Waals surface area contributed by atoms with E-state index in [1.807, 2.05) is 26.0 Å². The van der Waals surface area contributed by atoms with Gasteiger partial charge in [-0.3, -0.25) is 9.59 Å². The molecule has 0 bridgehead atoms. The van der Waals surface area contributed by atoms with Gasteiger partial charge in [0.05, 0.1) is 11.3 Å². The fraction of sp³-hybridized carbons (Fsp3) is 0.467. The van der Waals surface area contributed by atoms with E-state index in [0.717, 1.165) is 23.4 Å². The predicted octanol–water partition coefficient (Wildman–Crippen LogP) is 1.58. The Labute approximate surface area is 112 Å². The summed E-state index contributed by atoms with van der Waals surface area (Å²) in [6, 6.07) is 4.50. The SMILES string of the molecule is Cc1ccc(C)c2c1C(=O)C(=O)N2CCNC1CC1. The van der Waals surface area contributed by atoms with Crippen molar-refractivity contribution in [1.82, 2.24) is 5.32 Å². The molecule has 0 unspecified atom stereocenters. The van der Waals surface area contributed by atoms with Gasteiger partial charge in [0.1, 0.15) is 0 Å². The number of nitrogens with zero attached hydrogens (tertiary/aromatic N) is 1. The van der Waals surface area contributed by atoms with E-state index in [9.17, 15) is 9.59 Å². The topological polar surface area (TPSA) is 49.4 Å². The Kier molecular flexibility index (Phi) is 2.90. The molecule has 0 aromatic heterocycles. The summed E-state index contributed by atoms with van der Waals surface area (Å²) in [4.78, 5) is 25.8. The fourth-order valence-electron chi connectivity index (χ4n) is 2.64. The molecule has 0 radical (unpaired) electrons. The van der Waals surface area contributed by atoms with Crippen molar-refractivity contribution in [3.05, 3.63) is 28.8 Å². The monoisotopic (exact) mass is 258 g/mol. The lowest BCUT2D eigenvalue weighted by Crippen LogP contribution is -2.36. The van der Waals surface area contributed by atoms with Crippen LogP contribution in [0, 0.1) is 13.8 Å². The van der Waals surface area contributed by atoms with Crippen LogP contribution in [0.25, 0.3) is 0 Å². The minimum atomic E-state index is -0.384. The highest BCUT2D eigenvalue weighted by atomic mass is 16.2. The molecule has 1 aromatic carbocycles. The second kappa shape index (κ2) is 4.46. The Morgan fingerprint density at radius 3 is 2.58 bits per heavy atom. The van der Waals surface area contributed by atoms with E-state index >= 15 is 0 Å². The Balaban J connectivity index is 1.87. The zero-order valence-corrected chi connectivity index (χ0v) is 11.3. The summed E-state index contributed by atoms with van der Waals surface area (Å²) in [5.41, 5.74) is 3.28. The number of benzene rings is 1. The van der Waals surface area contributed by atoms with Crippen molar-refractivity contribution in [1.29, 1.82) is 0 Å². The highest BCUT2D eigenvalue weighted by molar-refractivity contribution is 6.52. The van der Waals surface area contributed by atoms with Crippen molar-refractivity contribution in [3.8, 4) is 0 Å². The lowest BCUT2D eigenvalue weighted by Gasteiger charge is -2.19. The standard InChI is InChI=1S/C15H18N2O2/c1-9-3-4-10(2)13-12(9)14(18)15(19)17(13)8-7-16-11-5-6-11/h3-4,11,16H,5-8H2,1-2H3. The van der Waals surface area contributed by atoms with Crippen molar-refractivity contribution in [2.45, 2.75) is 32.7 Å². The quantitative estimate of drug-likeness (QED) is 0.834. The number of ketones is 1. The van der Waals surface area contributed by atoms with Gasteiger partial charge in [-0.05, 0) is 37.8 Å². The molecule has 1 aliphatic heterocycles. The van der Waals surface area contributed by atoms with Crippen LogP contribution in [-0.2, 0) is 4.79 Å². The fourth-order valence-corrected chi connectivity index (χ4v) is 2.64. The van der Waals surface area contributed by atoms with E-state index in [1.54, 1.807) is 4.90 Å². The molecule has 0 saturated heterocycles. The van der Waals surface area contributed by atoms with Crippen LogP contribution in [0.1, 0.15) is 34.3 Å². The van der Waals surface area contributed by atoms with Crippen LogP contribution in [0.15, 0.2) is 12.1 Å². The van der Waals surface area contributed by atoms with Crippen LogP contribution in [0.5, 0.6) is 0 Å². The summed E-state index contributed by atoms with van der Waals surface area (Å²) < 4.78 is 0. The molecule has 1 heterocycles. The minimum Gasteiger partial charge on any atom is -0.312 e. The van der Waals surface area contributed by atoms with E-state index < -0.39 is 0 Å². The Bertz CT molecular complexity index is 562. The maximum atomic E-state index is 12.1. The molecule has 1 aliphatic carbocycles. The number of anilines is 1. The van der Waals surface area contributed by atoms with E-state index in [0.29, 0.717) is 18.2 Å². The highest BCUT2D eigenvalue weighted by Gasteiger charge is 2.37. The summed E-state index contributed by atoms with van der Waals surface area (Å²) in [6.07, 6.45) is 2.45. The minimum absolute atomic E-state index is 0.359. The molecule has 1 aromatic rings. The summed E-state index contributed by atoms with van der Waals surface area (Å²) in [5.74, 6) is -0.743. The average Bonchev–Trinajstić information content (AvgIpc) is 3.16. The van der Waals surface area contributed by atoms with Gasteiger partial charge < -0.3 is 10.2 Å². The van der Waals surface area contributed by atoms with Crippen LogP contribution in [-0.4, -0.2) is 30.8 Å². The number of hydrogen-bond acceptors (Lipinski definition) is 3. The van der Waals surface area contributed by atoms with Gasteiger partial charge in [-0.15, -0.1) is 0 Å². The first-order valence-electron chi connectivity index (χ1n) is 6.79. The van der Waals surface area contributed by atoms with E-state index in [1.165, 1.54) is 12.8 Å². The smallest absolute Gasteiger partial charge is 0.299 e. The Morgan fingerprint density at radius 2 is 1.89 bits per heavy atom. The lowest BCUT2D eigenvalue weighted by molar-refractivity contribution is -0.114. The van der Waals surface area contributed by atoms with Gasteiger partial charge in [0.25, 0.3) is 11.7 Å². The van der Waals surface area contributed by atoms with Crippen molar-refractivity contribution < 1.29 is 9.59 Å². The van der Waals surface area contributed by atoms with E-state index in [-0.39, 0.29) is 11.7 Å². The first-order chi connectivity index (χ1) is 9.09. The molecule has 100 valence electrons. The number of rotatable bonds is 4. The molecule has 1 fully saturated rings. The van der Waals surface area contributed by atoms with Gasteiger partial charge in [-0.1, -0.05) is 12.1 Å². The van der Waals surface area contributed by atoms with Crippen molar-refractivity contribution in [3.63, 3.8) is 0 Å². The Hall–Kier alpha value is -1.68. The maximum Gasteiger partial charge on any atom is 0.299 e. The maximum absolute atomic E-state index is 12.1. The van der Waals surface area contributed by atoms with Gasteiger partial charge in [0.2, 0.25) is 0 Å². The molecule has 3 rings (SSSR count). The third kappa shape index (κ3) is 2.06. The van der Waals surface area contributed by atoms with Crippen LogP contribution >= 0.6 is 0 Å². The van der Waals surface area contributed by atoms with Crippen LogP contribution in [0.3, 0.4) is 0 Å². The van der Waals surface area contributed by atoms with Gasteiger partial charge >= 0.3 is 0 Å². The molecule has 0 atom stereocenters. The molecular weight excluding hydrogens is 240 g/mol. The largest absolute Gasteiger partial charge is 0.312 e. The molecular formula is C15H18N2O2. The number of carbonyl (C=O) groups is 2. The van der Waals surface area contributed by atoms with E-state index in [4.69, 9.17) is 0 Å². The lowest BCUT2D eigenvalue weighted by atomic mass is 10.0. The average molecular weight is 258 g/mol. The van der Waals surface area contributed by atoms with Crippen molar-refractivity contribution in [2.24, 2.45) is 0 Å². The molecule has 19 heavy (non-hydrogen) atoms. The first kappa shape index (κ1) is 12.4. The second-order valence-corrected chi connectivity index (χ2v) is 5.44. The number of carbonyl (C=O) groups excluding carboxylic acids is 2. The van der Waals surface area contributed by atoms with Gasteiger partial charge in [-0.25, -0.2) is 0 Å². The normalized spacial score (nSPS) is 18.1. The molecule has 4 heteroatoms. The third-order valence-electron chi connectivity index (χ3n) is 3.87. The van der Waals surface area contributed by atoms with Crippen molar-refractivity contribution in [2.75, 3.05) is 18.0 Å². The van der Waals surface area contributed by atoms with Crippen LogP contribution in [0.2, 0.25) is 0 Å². The van der Waals surface area contributed by atoms with Crippen LogP contribution < -0.4 is 10.2 Å². The van der Waals surface area contributed by atoms with E-state index in [2.05, 4.69) is 5.32 Å². The summed E-state index contributed by atoms with van der Waals surface area (Å²) in [7, 11) is 0.